The molecule has 5 rings (SSSR count). The number of nitrogens with one attached hydrogen (secondary N) is 1. The molecule has 30 heavy (non-hydrogen) atoms. The summed E-state index contributed by atoms with van der Waals surface area (Å²) in [6, 6.07) is 12.1. The maximum atomic E-state index is 6.05. The van der Waals surface area contributed by atoms with Gasteiger partial charge in [0.05, 0.1) is 23.0 Å². The van der Waals surface area contributed by atoms with E-state index in [9.17, 15) is 0 Å². The van der Waals surface area contributed by atoms with E-state index in [1.807, 2.05) is 55.3 Å². The molecule has 0 radical (unpaired) electrons. The largest absolute Gasteiger partial charge is 0.457 e. The number of hydrogen-bond donors (Lipinski definition) is 1. The molecule has 1 aromatic carbocycles. The second-order valence-electron chi connectivity index (χ2n) is 7.53. The zero-order valence-electron chi connectivity index (χ0n) is 17.1. The molecule has 0 aliphatic carbocycles. The average molecular weight is 421 g/mol. The van der Waals surface area contributed by atoms with Gasteiger partial charge in [0.25, 0.3) is 0 Å². The van der Waals surface area contributed by atoms with Gasteiger partial charge in [-0.05, 0) is 36.2 Å². The monoisotopic (exact) mass is 420 g/mol. The third-order valence-corrected chi connectivity index (χ3v) is 6.53. The van der Waals surface area contributed by atoms with Crippen LogP contribution in [0.1, 0.15) is 23.7 Å². The van der Waals surface area contributed by atoms with E-state index in [1.54, 1.807) is 11.3 Å². The fraction of sp³-hybridized carbons (Fsp3) is 0.318. The van der Waals surface area contributed by atoms with Crippen LogP contribution in [0.5, 0.6) is 0 Å². The molecule has 1 fully saturated rings. The predicted octanol–water partition coefficient (Wildman–Crippen LogP) is 3.85. The van der Waals surface area contributed by atoms with Gasteiger partial charge < -0.3 is 14.6 Å². The second kappa shape index (κ2) is 7.95. The molecule has 3 aromatic heterocycles. The maximum Gasteiger partial charge on any atom is 0.194 e. The van der Waals surface area contributed by atoms with E-state index in [4.69, 9.17) is 4.42 Å². The van der Waals surface area contributed by atoms with E-state index in [-0.39, 0.29) is 0 Å². The van der Waals surface area contributed by atoms with Gasteiger partial charge in [0, 0.05) is 39.3 Å². The third kappa shape index (κ3) is 3.70. The summed E-state index contributed by atoms with van der Waals surface area (Å²) in [5.41, 5.74) is 2.30. The Morgan fingerprint density at radius 2 is 2.20 bits per heavy atom. The maximum absolute atomic E-state index is 6.05. The van der Waals surface area contributed by atoms with Gasteiger partial charge in [0.1, 0.15) is 5.76 Å². The van der Waals surface area contributed by atoms with Crippen molar-refractivity contribution < 1.29 is 4.42 Å². The molecule has 4 heterocycles. The zero-order valence-corrected chi connectivity index (χ0v) is 17.9. The van der Waals surface area contributed by atoms with E-state index in [1.165, 1.54) is 10.3 Å². The van der Waals surface area contributed by atoms with Crippen molar-refractivity contribution in [1.82, 2.24) is 25.0 Å². The number of furan rings is 1. The third-order valence-electron chi connectivity index (χ3n) is 5.48. The molecular formula is C22H24N6OS. The van der Waals surface area contributed by atoms with Crippen LogP contribution in [0, 0.1) is 0 Å². The van der Waals surface area contributed by atoms with Gasteiger partial charge >= 0.3 is 0 Å². The summed E-state index contributed by atoms with van der Waals surface area (Å²) in [6.07, 6.45) is 5.18. The Morgan fingerprint density at radius 3 is 3.00 bits per heavy atom. The van der Waals surface area contributed by atoms with E-state index in [0.717, 1.165) is 47.5 Å². The van der Waals surface area contributed by atoms with E-state index < -0.39 is 0 Å². The van der Waals surface area contributed by atoms with Crippen LogP contribution in [-0.4, -0.2) is 45.8 Å². The lowest BCUT2D eigenvalue weighted by atomic mass is 10.0. The smallest absolute Gasteiger partial charge is 0.194 e. The standard InChI is InChI=1S/C22H24N6OS/c1-23-22(28-10-9-15(14-28)16-11-25-27(2)13-16)24-12-17-7-8-19(29-17)21-26-18-5-3-4-6-20(18)30-21/h3-8,11,13,15H,9-10,12,14H2,1-2H3,(H,23,24). The summed E-state index contributed by atoms with van der Waals surface area (Å²) in [5, 5.41) is 8.65. The zero-order chi connectivity index (χ0) is 20.5. The number of likely N-dealkylation sites (tertiary alicyclic amines) is 1. The first-order valence-electron chi connectivity index (χ1n) is 10.1. The fourth-order valence-electron chi connectivity index (χ4n) is 3.94. The molecule has 1 saturated heterocycles. The summed E-state index contributed by atoms with van der Waals surface area (Å²) in [5.74, 6) is 3.07. The van der Waals surface area contributed by atoms with Crippen LogP contribution >= 0.6 is 11.3 Å². The van der Waals surface area contributed by atoms with Crippen LogP contribution in [0.4, 0.5) is 0 Å². The normalized spacial score (nSPS) is 17.2. The number of aliphatic imine (C=N–C) groups is 1. The van der Waals surface area contributed by atoms with Crippen LogP contribution in [0.25, 0.3) is 21.0 Å². The van der Waals surface area contributed by atoms with Crippen molar-refractivity contribution >= 4 is 27.5 Å². The molecule has 154 valence electrons. The lowest BCUT2D eigenvalue weighted by molar-refractivity contribution is 0.468. The SMILES string of the molecule is CN=C(NCc1ccc(-c2nc3ccccc3s2)o1)N1CCC(c2cnn(C)c2)C1. The highest BCUT2D eigenvalue weighted by Crippen LogP contribution is 2.31. The summed E-state index contributed by atoms with van der Waals surface area (Å²) in [4.78, 5) is 11.4. The molecule has 7 nitrogen and oxygen atoms in total. The van der Waals surface area contributed by atoms with Crippen molar-refractivity contribution in [2.45, 2.75) is 18.9 Å². The number of nitrogens with zero attached hydrogens (tertiary/aromatic N) is 5. The van der Waals surface area contributed by atoms with Crippen LogP contribution in [0.3, 0.4) is 0 Å². The minimum atomic E-state index is 0.492. The Balaban J connectivity index is 1.22. The Labute approximate surface area is 179 Å². The van der Waals surface area contributed by atoms with Crippen LogP contribution in [-0.2, 0) is 13.6 Å². The minimum absolute atomic E-state index is 0.492. The highest BCUT2D eigenvalue weighted by molar-refractivity contribution is 7.21. The van der Waals surface area contributed by atoms with Gasteiger partial charge in [0.15, 0.2) is 16.7 Å². The van der Waals surface area contributed by atoms with Gasteiger partial charge in [-0.25, -0.2) is 4.98 Å². The van der Waals surface area contributed by atoms with E-state index in [2.05, 4.69) is 37.6 Å². The Morgan fingerprint density at radius 1 is 1.30 bits per heavy atom. The van der Waals surface area contributed by atoms with Crippen molar-refractivity contribution in [3.05, 3.63) is 60.1 Å². The molecule has 1 aliphatic heterocycles. The van der Waals surface area contributed by atoms with Crippen molar-refractivity contribution in [2.75, 3.05) is 20.1 Å². The quantitative estimate of drug-likeness (QED) is 0.401. The summed E-state index contributed by atoms with van der Waals surface area (Å²) in [6.45, 7) is 2.51. The fourth-order valence-corrected chi connectivity index (χ4v) is 4.87. The molecule has 0 bridgehead atoms. The number of rotatable bonds is 4. The summed E-state index contributed by atoms with van der Waals surface area (Å²) in [7, 11) is 3.79. The van der Waals surface area contributed by atoms with Crippen LogP contribution in [0.15, 0.2) is 58.2 Å². The number of fused-ring (bicyclic) bond motifs is 1. The summed E-state index contributed by atoms with van der Waals surface area (Å²) < 4.78 is 9.08. The van der Waals surface area contributed by atoms with Crippen LogP contribution in [0.2, 0.25) is 0 Å². The van der Waals surface area contributed by atoms with Crippen molar-refractivity contribution in [1.29, 1.82) is 0 Å². The van der Waals surface area contributed by atoms with E-state index in [0.29, 0.717) is 12.5 Å². The molecule has 0 spiro atoms. The number of benzene rings is 1. The first-order chi connectivity index (χ1) is 14.7. The average Bonchev–Trinajstić information content (AvgIpc) is 3.54. The number of hydrogen-bond acceptors (Lipinski definition) is 5. The lowest BCUT2D eigenvalue weighted by Crippen LogP contribution is -2.39. The first kappa shape index (κ1) is 18.9. The predicted molar refractivity (Wildman–Crippen MR) is 120 cm³/mol. The van der Waals surface area contributed by atoms with E-state index >= 15 is 0 Å². The Hall–Kier alpha value is -3.13. The van der Waals surface area contributed by atoms with Crippen LogP contribution < -0.4 is 5.32 Å². The van der Waals surface area contributed by atoms with Gasteiger partial charge in [-0.2, -0.15) is 5.10 Å². The highest BCUT2D eigenvalue weighted by atomic mass is 32.1. The van der Waals surface area contributed by atoms with Gasteiger partial charge in [0.2, 0.25) is 0 Å². The minimum Gasteiger partial charge on any atom is -0.457 e. The molecule has 1 N–H and O–H groups in total. The Bertz CT molecular complexity index is 1160. The molecule has 0 amide bonds. The molecule has 4 aromatic rings. The van der Waals surface area contributed by atoms with Gasteiger partial charge in [-0.3, -0.25) is 9.67 Å². The topological polar surface area (TPSA) is 71.5 Å². The molecule has 0 saturated carbocycles. The highest BCUT2D eigenvalue weighted by Gasteiger charge is 2.27. The first-order valence-corrected chi connectivity index (χ1v) is 10.9. The molecule has 1 aliphatic rings. The number of thiazole rings is 1. The second-order valence-corrected chi connectivity index (χ2v) is 8.56. The molecule has 1 atom stereocenters. The molecule has 8 heteroatoms. The number of guanidine groups is 1. The lowest BCUT2D eigenvalue weighted by Gasteiger charge is -2.21. The van der Waals surface area contributed by atoms with Gasteiger partial charge in [-0.1, -0.05) is 12.1 Å². The van der Waals surface area contributed by atoms with Crippen molar-refractivity contribution in [3.63, 3.8) is 0 Å². The summed E-state index contributed by atoms with van der Waals surface area (Å²) >= 11 is 1.65. The Kier molecular flexibility index (Phi) is 5.00. The van der Waals surface area contributed by atoms with Crippen molar-refractivity contribution in [2.24, 2.45) is 12.0 Å². The van der Waals surface area contributed by atoms with Crippen molar-refractivity contribution in [3.8, 4) is 10.8 Å². The molecular weight excluding hydrogens is 396 g/mol. The number of aromatic nitrogens is 3. The number of para-hydroxylation sites is 1. The van der Waals surface area contributed by atoms with Gasteiger partial charge in [-0.15, -0.1) is 11.3 Å². The molecule has 1 unspecified atom stereocenters. The number of aryl methyl sites for hydroxylation is 1.